The largest absolute Gasteiger partial charge is 0.361 e. The molecule has 2 N–H and O–H groups in total. The molecule has 1 aliphatic rings. The van der Waals surface area contributed by atoms with Gasteiger partial charge in [0.05, 0.1) is 0 Å². The van der Waals surface area contributed by atoms with Crippen molar-refractivity contribution in [2.45, 2.75) is 12.5 Å². The molecule has 1 fully saturated rings. The van der Waals surface area contributed by atoms with Crippen LogP contribution in [0.15, 0.2) is 43.1 Å². The Balaban J connectivity index is 1.83. The van der Waals surface area contributed by atoms with E-state index < -0.39 is 6.04 Å². The van der Waals surface area contributed by atoms with Crippen LogP contribution in [0.1, 0.15) is 5.56 Å². The van der Waals surface area contributed by atoms with Gasteiger partial charge in [0.15, 0.2) is 0 Å². The third kappa shape index (κ3) is 1.97. The van der Waals surface area contributed by atoms with E-state index in [1.807, 2.05) is 30.5 Å². The fraction of sp³-hybridized carbons (Fsp3) is 0.200. The number of aromatic amines is 1. The van der Waals surface area contributed by atoms with E-state index in [4.69, 9.17) is 0 Å². The zero-order valence-electron chi connectivity index (χ0n) is 10.9. The molecule has 0 spiro atoms. The predicted octanol–water partition coefficient (Wildman–Crippen LogP) is 1.82. The highest BCUT2D eigenvalue weighted by Gasteiger charge is 2.37. The molecule has 1 atom stereocenters. The molecule has 1 unspecified atom stereocenters. The summed E-state index contributed by atoms with van der Waals surface area (Å²) < 4.78 is 0. The minimum absolute atomic E-state index is 0.194. The molecule has 5 nitrogen and oxygen atoms in total. The number of hydrogen-bond donors (Lipinski definition) is 2. The molecular formula is C15H15N3O2. The molecule has 0 bridgehead atoms. The first kappa shape index (κ1) is 12.5. The van der Waals surface area contributed by atoms with E-state index in [1.165, 1.54) is 4.90 Å². The first-order valence-corrected chi connectivity index (χ1v) is 6.48. The molecule has 1 aromatic heterocycles. The van der Waals surface area contributed by atoms with Crippen molar-refractivity contribution in [2.24, 2.45) is 0 Å². The average molecular weight is 269 g/mol. The zero-order valence-corrected chi connectivity index (χ0v) is 10.9. The molecule has 1 aliphatic heterocycles. The van der Waals surface area contributed by atoms with Gasteiger partial charge in [-0.25, -0.2) is 4.79 Å². The molecule has 3 rings (SSSR count). The number of carbonyl (C=O) groups excluding carboxylic acids is 2. The number of H-pyrrole nitrogens is 1. The first-order chi connectivity index (χ1) is 9.70. The summed E-state index contributed by atoms with van der Waals surface area (Å²) in [5.41, 5.74) is 2.06. The smallest absolute Gasteiger partial charge is 0.325 e. The van der Waals surface area contributed by atoms with Crippen LogP contribution in [-0.4, -0.2) is 34.4 Å². The van der Waals surface area contributed by atoms with Crippen molar-refractivity contribution in [2.75, 3.05) is 6.54 Å². The Bertz CT molecular complexity index is 689. The van der Waals surface area contributed by atoms with Gasteiger partial charge in [-0.15, -0.1) is 6.58 Å². The summed E-state index contributed by atoms with van der Waals surface area (Å²) in [4.78, 5) is 28.2. The molecule has 102 valence electrons. The highest BCUT2D eigenvalue weighted by atomic mass is 16.2. The minimum Gasteiger partial charge on any atom is -0.361 e. The number of urea groups is 1. The van der Waals surface area contributed by atoms with E-state index in [-0.39, 0.29) is 18.5 Å². The summed E-state index contributed by atoms with van der Waals surface area (Å²) in [5.74, 6) is -0.194. The van der Waals surface area contributed by atoms with Crippen LogP contribution >= 0.6 is 0 Å². The number of nitrogens with one attached hydrogen (secondary N) is 2. The maximum atomic E-state index is 12.2. The van der Waals surface area contributed by atoms with Gasteiger partial charge in [-0.05, 0) is 11.6 Å². The van der Waals surface area contributed by atoms with E-state index in [0.29, 0.717) is 6.42 Å². The number of amides is 3. The number of hydrogen-bond acceptors (Lipinski definition) is 2. The van der Waals surface area contributed by atoms with E-state index in [1.54, 1.807) is 6.08 Å². The molecule has 1 saturated heterocycles. The Morgan fingerprint density at radius 1 is 1.30 bits per heavy atom. The summed E-state index contributed by atoms with van der Waals surface area (Å²) in [6.45, 7) is 3.80. The van der Waals surface area contributed by atoms with Gasteiger partial charge in [0.2, 0.25) is 0 Å². The van der Waals surface area contributed by atoms with Crippen molar-refractivity contribution >= 4 is 22.8 Å². The van der Waals surface area contributed by atoms with Crippen LogP contribution in [-0.2, 0) is 11.2 Å². The molecule has 3 amide bonds. The standard InChI is InChI=1S/C15H15N3O2/c1-2-7-18-14(19)13(17-15(18)20)8-10-9-16-12-6-4-3-5-11(10)12/h2-6,9,13,16H,1,7-8H2,(H,17,20). The fourth-order valence-corrected chi connectivity index (χ4v) is 2.54. The van der Waals surface area contributed by atoms with Gasteiger partial charge in [-0.2, -0.15) is 0 Å². The van der Waals surface area contributed by atoms with Gasteiger partial charge in [0, 0.05) is 30.1 Å². The first-order valence-electron chi connectivity index (χ1n) is 6.48. The van der Waals surface area contributed by atoms with Crippen LogP contribution < -0.4 is 5.32 Å². The lowest BCUT2D eigenvalue weighted by atomic mass is 10.1. The second kappa shape index (κ2) is 4.85. The van der Waals surface area contributed by atoms with Crippen molar-refractivity contribution in [3.8, 4) is 0 Å². The Labute approximate surface area is 116 Å². The van der Waals surface area contributed by atoms with Crippen molar-refractivity contribution in [3.63, 3.8) is 0 Å². The van der Waals surface area contributed by atoms with Crippen LogP contribution in [0.4, 0.5) is 4.79 Å². The summed E-state index contributed by atoms with van der Waals surface area (Å²) in [7, 11) is 0. The molecule has 0 radical (unpaired) electrons. The molecule has 0 aliphatic carbocycles. The SMILES string of the molecule is C=CCN1C(=O)NC(Cc2c[nH]c3ccccc23)C1=O. The Morgan fingerprint density at radius 3 is 2.90 bits per heavy atom. The van der Waals surface area contributed by atoms with Crippen LogP contribution in [0.25, 0.3) is 10.9 Å². The highest BCUT2D eigenvalue weighted by Crippen LogP contribution is 2.21. The van der Waals surface area contributed by atoms with Gasteiger partial charge in [-0.1, -0.05) is 24.3 Å². The Morgan fingerprint density at radius 2 is 2.10 bits per heavy atom. The number of imide groups is 1. The van der Waals surface area contributed by atoms with Crippen molar-refractivity contribution in [1.82, 2.24) is 15.2 Å². The summed E-state index contributed by atoms with van der Waals surface area (Å²) in [6.07, 6.45) is 3.92. The fourth-order valence-electron chi connectivity index (χ4n) is 2.54. The Hall–Kier alpha value is -2.56. The lowest BCUT2D eigenvalue weighted by Gasteiger charge is -2.09. The maximum absolute atomic E-state index is 12.2. The van der Waals surface area contributed by atoms with Gasteiger partial charge in [0.1, 0.15) is 6.04 Å². The lowest BCUT2D eigenvalue weighted by molar-refractivity contribution is -0.127. The van der Waals surface area contributed by atoms with Gasteiger partial charge >= 0.3 is 6.03 Å². The number of rotatable bonds is 4. The summed E-state index contributed by atoms with van der Waals surface area (Å²) in [5, 5.41) is 3.80. The average Bonchev–Trinajstić information content (AvgIpc) is 2.97. The number of nitrogens with zero attached hydrogens (tertiary/aromatic N) is 1. The third-order valence-corrected chi connectivity index (χ3v) is 3.52. The Kier molecular flexibility index (Phi) is 3.02. The number of carbonyl (C=O) groups is 2. The third-order valence-electron chi connectivity index (χ3n) is 3.52. The molecule has 5 heteroatoms. The number of fused-ring (bicyclic) bond motifs is 1. The second-order valence-corrected chi connectivity index (χ2v) is 4.80. The normalized spacial score (nSPS) is 18.6. The molecule has 2 aromatic rings. The quantitative estimate of drug-likeness (QED) is 0.657. The molecular weight excluding hydrogens is 254 g/mol. The van der Waals surface area contributed by atoms with E-state index >= 15 is 0 Å². The van der Waals surface area contributed by atoms with Gasteiger partial charge in [-0.3, -0.25) is 9.69 Å². The monoisotopic (exact) mass is 269 g/mol. The van der Waals surface area contributed by atoms with Crippen LogP contribution in [0, 0.1) is 0 Å². The summed E-state index contributed by atoms with van der Waals surface area (Å²) >= 11 is 0. The van der Waals surface area contributed by atoms with E-state index in [0.717, 1.165) is 16.5 Å². The molecule has 0 saturated carbocycles. The highest BCUT2D eigenvalue weighted by molar-refractivity contribution is 6.04. The predicted molar refractivity (Wildman–Crippen MR) is 76.2 cm³/mol. The molecule has 1 aromatic carbocycles. The van der Waals surface area contributed by atoms with Crippen molar-refractivity contribution in [3.05, 3.63) is 48.7 Å². The van der Waals surface area contributed by atoms with E-state index in [2.05, 4.69) is 16.9 Å². The van der Waals surface area contributed by atoms with Crippen LogP contribution in [0.3, 0.4) is 0 Å². The number of benzene rings is 1. The zero-order chi connectivity index (χ0) is 14.1. The van der Waals surface area contributed by atoms with E-state index in [9.17, 15) is 9.59 Å². The molecule has 20 heavy (non-hydrogen) atoms. The molecule has 2 heterocycles. The second-order valence-electron chi connectivity index (χ2n) is 4.80. The van der Waals surface area contributed by atoms with Gasteiger partial charge < -0.3 is 10.3 Å². The minimum atomic E-state index is -0.498. The van der Waals surface area contributed by atoms with Crippen LogP contribution in [0.2, 0.25) is 0 Å². The number of aromatic nitrogens is 1. The van der Waals surface area contributed by atoms with Crippen LogP contribution in [0.5, 0.6) is 0 Å². The summed E-state index contributed by atoms with van der Waals surface area (Å²) in [6, 6.07) is 7.05. The number of para-hydroxylation sites is 1. The lowest BCUT2D eigenvalue weighted by Crippen LogP contribution is -2.32. The van der Waals surface area contributed by atoms with Crippen molar-refractivity contribution < 1.29 is 9.59 Å². The van der Waals surface area contributed by atoms with Gasteiger partial charge in [0.25, 0.3) is 5.91 Å². The maximum Gasteiger partial charge on any atom is 0.325 e. The topological polar surface area (TPSA) is 65.2 Å². The van der Waals surface area contributed by atoms with Crippen molar-refractivity contribution in [1.29, 1.82) is 0 Å².